The number of nitrogens with zero attached hydrogens (tertiary/aromatic N) is 3. The Morgan fingerprint density at radius 2 is 1.96 bits per heavy atom. The summed E-state index contributed by atoms with van der Waals surface area (Å²) in [6.45, 7) is 10.1. The second kappa shape index (κ2) is 9.01. The minimum Gasteiger partial charge on any atom is -0.443 e. The normalized spacial score (nSPS) is 12.2. The number of hydrogen-bond donors (Lipinski definition) is 2. The molecule has 2 heterocycles. The maximum atomic E-state index is 5.82. The maximum Gasteiger partial charge on any atom is 0.213 e. The van der Waals surface area contributed by atoms with Crippen LogP contribution in [-0.2, 0) is 18.5 Å². The molecule has 3 rings (SSSR count). The molecule has 2 aromatic heterocycles. The van der Waals surface area contributed by atoms with Crippen LogP contribution in [0.25, 0.3) is 10.6 Å². The molecule has 0 aliphatic carbocycles. The van der Waals surface area contributed by atoms with E-state index in [2.05, 4.69) is 63.9 Å². The fraction of sp³-hybridized carbons (Fsp3) is 0.381. The summed E-state index contributed by atoms with van der Waals surface area (Å²) in [6.07, 6.45) is 1.79. The highest BCUT2D eigenvalue weighted by molar-refractivity contribution is 7.13. The first-order valence-electron chi connectivity index (χ1n) is 9.43. The fourth-order valence-electron chi connectivity index (χ4n) is 2.49. The number of aromatic nitrogens is 2. The average Bonchev–Trinajstić information content (AvgIpc) is 3.34. The second-order valence-corrected chi connectivity index (χ2v) is 8.29. The molecule has 148 valence electrons. The van der Waals surface area contributed by atoms with Crippen LogP contribution in [0.3, 0.4) is 0 Å². The monoisotopic (exact) mass is 397 g/mol. The number of nitrogens with one attached hydrogen (secondary N) is 2. The third kappa shape index (κ3) is 5.42. The Kier molecular flexibility index (Phi) is 6.46. The molecule has 0 radical (unpaired) electrons. The van der Waals surface area contributed by atoms with Crippen LogP contribution in [0.4, 0.5) is 0 Å². The summed E-state index contributed by atoms with van der Waals surface area (Å²) in [6, 6.07) is 10.2. The molecule has 2 N–H and O–H groups in total. The van der Waals surface area contributed by atoms with Crippen LogP contribution in [0.15, 0.2) is 51.3 Å². The van der Waals surface area contributed by atoms with Gasteiger partial charge in [-0.2, -0.15) is 0 Å². The fourth-order valence-corrected chi connectivity index (χ4v) is 3.31. The summed E-state index contributed by atoms with van der Waals surface area (Å²) < 4.78 is 5.82. The number of guanidine groups is 1. The summed E-state index contributed by atoms with van der Waals surface area (Å²) in [5, 5.41) is 9.58. The van der Waals surface area contributed by atoms with Crippen LogP contribution < -0.4 is 10.6 Å². The molecule has 3 aromatic rings. The molecule has 0 saturated heterocycles. The van der Waals surface area contributed by atoms with Gasteiger partial charge in [-0.1, -0.05) is 51.1 Å². The molecule has 6 nitrogen and oxygen atoms in total. The predicted molar refractivity (Wildman–Crippen MR) is 114 cm³/mol. The van der Waals surface area contributed by atoms with Gasteiger partial charge < -0.3 is 15.1 Å². The Bertz CT molecular complexity index is 908. The molecule has 0 unspecified atom stereocenters. The number of thiazole rings is 1. The van der Waals surface area contributed by atoms with Crippen molar-refractivity contribution in [2.45, 2.75) is 46.2 Å². The smallest absolute Gasteiger partial charge is 0.213 e. The van der Waals surface area contributed by atoms with Gasteiger partial charge in [0.25, 0.3) is 0 Å². The van der Waals surface area contributed by atoms with Gasteiger partial charge in [-0.25, -0.2) is 15.0 Å². The number of hydrogen-bond acceptors (Lipinski definition) is 5. The average molecular weight is 398 g/mol. The van der Waals surface area contributed by atoms with Gasteiger partial charge in [0, 0.05) is 22.9 Å². The van der Waals surface area contributed by atoms with E-state index in [0.717, 1.165) is 28.6 Å². The maximum absolute atomic E-state index is 5.82. The van der Waals surface area contributed by atoms with Crippen LogP contribution >= 0.6 is 11.3 Å². The second-order valence-electron chi connectivity index (χ2n) is 7.43. The zero-order valence-corrected chi connectivity index (χ0v) is 17.6. The minimum absolute atomic E-state index is 0.0507. The Labute approximate surface area is 170 Å². The van der Waals surface area contributed by atoms with Gasteiger partial charge in [-0.05, 0) is 6.92 Å². The quantitative estimate of drug-likeness (QED) is 0.478. The van der Waals surface area contributed by atoms with E-state index < -0.39 is 0 Å². The first kappa shape index (κ1) is 20.1. The van der Waals surface area contributed by atoms with Crippen molar-refractivity contribution in [3.05, 3.63) is 59.3 Å². The lowest BCUT2D eigenvalue weighted by atomic mass is 9.94. The van der Waals surface area contributed by atoms with Gasteiger partial charge in [0.15, 0.2) is 5.96 Å². The third-order valence-corrected chi connectivity index (χ3v) is 4.96. The topological polar surface area (TPSA) is 75.3 Å². The lowest BCUT2D eigenvalue weighted by Crippen LogP contribution is -2.36. The molecule has 0 amide bonds. The summed E-state index contributed by atoms with van der Waals surface area (Å²) in [5.74, 6) is 2.24. The first-order chi connectivity index (χ1) is 13.5. The minimum atomic E-state index is -0.0507. The molecule has 0 atom stereocenters. The Morgan fingerprint density at radius 1 is 1.18 bits per heavy atom. The molecule has 0 bridgehead atoms. The lowest BCUT2D eigenvalue weighted by molar-refractivity contribution is 0.379. The SMILES string of the molecule is CCNC(=NCc1csc(-c2ccccc2)n1)NCc1ncc(C(C)(C)C)o1. The first-order valence-corrected chi connectivity index (χ1v) is 10.3. The number of oxazole rings is 1. The molecule has 0 saturated carbocycles. The van der Waals surface area contributed by atoms with Gasteiger partial charge in [0.05, 0.1) is 25.0 Å². The summed E-state index contributed by atoms with van der Waals surface area (Å²) in [7, 11) is 0. The van der Waals surface area contributed by atoms with E-state index in [4.69, 9.17) is 4.42 Å². The zero-order chi connectivity index (χ0) is 20.0. The van der Waals surface area contributed by atoms with Gasteiger partial charge in [-0.3, -0.25) is 0 Å². The molecule has 0 spiro atoms. The van der Waals surface area contributed by atoms with E-state index in [1.165, 1.54) is 0 Å². The van der Waals surface area contributed by atoms with Crippen molar-refractivity contribution in [1.82, 2.24) is 20.6 Å². The molecule has 7 heteroatoms. The van der Waals surface area contributed by atoms with Crippen LogP contribution in [0.1, 0.15) is 45.0 Å². The predicted octanol–water partition coefficient (Wildman–Crippen LogP) is 4.35. The van der Waals surface area contributed by atoms with Crippen LogP contribution in [0.5, 0.6) is 0 Å². The number of aliphatic imine (C=N–C) groups is 1. The van der Waals surface area contributed by atoms with E-state index in [9.17, 15) is 0 Å². The van der Waals surface area contributed by atoms with E-state index in [1.807, 2.05) is 25.1 Å². The van der Waals surface area contributed by atoms with Gasteiger partial charge in [0.1, 0.15) is 10.8 Å². The van der Waals surface area contributed by atoms with Crippen molar-refractivity contribution < 1.29 is 4.42 Å². The Morgan fingerprint density at radius 3 is 2.64 bits per heavy atom. The highest BCUT2D eigenvalue weighted by atomic mass is 32.1. The Balaban J connectivity index is 1.61. The van der Waals surface area contributed by atoms with Gasteiger partial charge >= 0.3 is 0 Å². The third-order valence-electron chi connectivity index (χ3n) is 4.02. The van der Waals surface area contributed by atoms with Gasteiger partial charge in [-0.15, -0.1) is 11.3 Å². The van der Waals surface area contributed by atoms with Crippen LogP contribution in [-0.4, -0.2) is 22.5 Å². The number of rotatable bonds is 6. The van der Waals surface area contributed by atoms with Crippen molar-refractivity contribution in [2.75, 3.05) is 6.54 Å². The molecular formula is C21H27N5OS. The van der Waals surface area contributed by atoms with Crippen molar-refractivity contribution in [2.24, 2.45) is 4.99 Å². The zero-order valence-electron chi connectivity index (χ0n) is 16.8. The van der Waals surface area contributed by atoms with Crippen LogP contribution in [0, 0.1) is 0 Å². The molecule has 0 aliphatic rings. The largest absolute Gasteiger partial charge is 0.443 e. The van der Waals surface area contributed by atoms with Crippen LogP contribution in [0.2, 0.25) is 0 Å². The van der Waals surface area contributed by atoms with Crippen molar-refractivity contribution in [3.63, 3.8) is 0 Å². The molecular weight excluding hydrogens is 370 g/mol. The molecule has 1 aromatic carbocycles. The van der Waals surface area contributed by atoms with E-state index >= 15 is 0 Å². The van der Waals surface area contributed by atoms with E-state index in [-0.39, 0.29) is 5.41 Å². The summed E-state index contributed by atoms with van der Waals surface area (Å²) >= 11 is 1.64. The lowest BCUT2D eigenvalue weighted by Gasteiger charge is -2.13. The van der Waals surface area contributed by atoms with Crippen molar-refractivity contribution in [3.8, 4) is 10.6 Å². The summed E-state index contributed by atoms with van der Waals surface area (Å²) in [5.41, 5.74) is 2.03. The van der Waals surface area contributed by atoms with Crippen molar-refractivity contribution in [1.29, 1.82) is 0 Å². The standard InChI is InChI=1S/C21H27N5OS/c1-5-22-20(25-13-18-23-12-17(27-18)21(2,3)4)24-11-16-14-28-19(26-16)15-9-7-6-8-10-15/h6-10,12,14H,5,11,13H2,1-4H3,(H2,22,24,25). The molecule has 28 heavy (non-hydrogen) atoms. The van der Waals surface area contributed by atoms with Crippen molar-refractivity contribution >= 4 is 17.3 Å². The Hall–Kier alpha value is -2.67. The highest BCUT2D eigenvalue weighted by Crippen LogP contribution is 2.24. The van der Waals surface area contributed by atoms with Gasteiger partial charge in [0.2, 0.25) is 5.89 Å². The molecule has 0 fully saturated rings. The highest BCUT2D eigenvalue weighted by Gasteiger charge is 2.19. The van der Waals surface area contributed by atoms with E-state index in [1.54, 1.807) is 17.5 Å². The van der Waals surface area contributed by atoms with E-state index in [0.29, 0.717) is 24.9 Å². The molecule has 0 aliphatic heterocycles. The number of benzene rings is 1. The summed E-state index contributed by atoms with van der Waals surface area (Å²) in [4.78, 5) is 13.7.